The molecule has 10 heteroatoms. The number of hydrogen-bond acceptors (Lipinski definition) is 6. The highest BCUT2D eigenvalue weighted by atomic mass is 16.4. The predicted molar refractivity (Wildman–Crippen MR) is 123 cm³/mol. The number of aliphatic carboxylic acids is 1. The Hall–Kier alpha value is -3.14. The van der Waals surface area contributed by atoms with Crippen molar-refractivity contribution in [3.63, 3.8) is 0 Å². The molecular weight excluding hydrogens is 428 g/mol. The van der Waals surface area contributed by atoms with Gasteiger partial charge in [0, 0.05) is 0 Å². The molecule has 0 aromatic heterocycles. The van der Waals surface area contributed by atoms with Crippen LogP contribution in [0, 0.1) is 11.8 Å². The van der Waals surface area contributed by atoms with Gasteiger partial charge in [0.1, 0.15) is 24.4 Å². The average molecular weight is 465 g/mol. The lowest BCUT2D eigenvalue weighted by molar-refractivity contribution is -0.139. The van der Waals surface area contributed by atoms with E-state index in [2.05, 4.69) is 16.0 Å². The van der Waals surface area contributed by atoms with E-state index in [1.165, 1.54) is 12.1 Å². The van der Waals surface area contributed by atoms with Gasteiger partial charge in [-0.2, -0.15) is 0 Å². The number of amides is 3. The monoisotopic (exact) mass is 464 g/mol. The zero-order chi connectivity index (χ0) is 25.1. The summed E-state index contributed by atoms with van der Waals surface area (Å²) in [4.78, 5) is 49.0. The second-order valence-corrected chi connectivity index (χ2v) is 8.65. The summed E-state index contributed by atoms with van der Waals surface area (Å²) >= 11 is 0. The summed E-state index contributed by atoms with van der Waals surface area (Å²) in [6.45, 7) is 6.86. The van der Waals surface area contributed by atoms with Gasteiger partial charge in [-0.1, -0.05) is 46.2 Å². The van der Waals surface area contributed by atoms with Crippen molar-refractivity contribution in [1.82, 2.24) is 16.0 Å². The van der Waals surface area contributed by atoms with Crippen molar-refractivity contribution in [2.45, 2.75) is 65.1 Å². The van der Waals surface area contributed by atoms with Crippen LogP contribution in [0.4, 0.5) is 0 Å². The lowest BCUT2D eigenvalue weighted by Crippen LogP contribution is -2.58. The van der Waals surface area contributed by atoms with Crippen LogP contribution < -0.4 is 21.7 Å². The standard InChI is InChI=1S/C23H36N4O6/c1-5-14(4)20(23(33)25-12-19(29)30)27-22(32)18(10-13(2)3)26-21(31)17(24)11-15-6-8-16(28)9-7-15/h6-9,13-14,17-18,20,28H,5,10-12,24H2,1-4H3,(H,25,33)(H,26,31)(H,27,32)(H,29,30). The van der Waals surface area contributed by atoms with Crippen molar-refractivity contribution in [3.8, 4) is 5.75 Å². The normalized spacial score (nSPS) is 14.6. The highest BCUT2D eigenvalue weighted by Gasteiger charge is 2.31. The summed E-state index contributed by atoms with van der Waals surface area (Å²) < 4.78 is 0. The minimum Gasteiger partial charge on any atom is -0.508 e. The van der Waals surface area contributed by atoms with Crippen LogP contribution in [-0.2, 0) is 25.6 Å². The van der Waals surface area contributed by atoms with Crippen molar-refractivity contribution < 1.29 is 29.4 Å². The Kier molecular flexibility index (Phi) is 11.3. The lowest BCUT2D eigenvalue weighted by atomic mass is 9.96. The average Bonchev–Trinajstić information content (AvgIpc) is 2.75. The molecule has 1 aromatic rings. The van der Waals surface area contributed by atoms with Crippen LogP contribution >= 0.6 is 0 Å². The summed E-state index contributed by atoms with van der Waals surface area (Å²) in [6, 6.07) is 3.54. The van der Waals surface area contributed by atoms with Crippen molar-refractivity contribution in [3.05, 3.63) is 29.8 Å². The van der Waals surface area contributed by atoms with Crippen LogP contribution in [0.5, 0.6) is 5.75 Å². The summed E-state index contributed by atoms with van der Waals surface area (Å²) in [5.41, 5.74) is 6.78. The van der Waals surface area contributed by atoms with Crippen LogP contribution in [0.2, 0.25) is 0 Å². The van der Waals surface area contributed by atoms with E-state index in [-0.39, 0.29) is 24.0 Å². The van der Waals surface area contributed by atoms with Crippen molar-refractivity contribution >= 4 is 23.7 Å². The van der Waals surface area contributed by atoms with Gasteiger partial charge in [0.2, 0.25) is 17.7 Å². The Bertz CT molecular complexity index is 812. The van der Waals surface area contributed by atoms with Gasteiger partial charge in [-0.25, -0.2) is 0 Å². The maximum atomic E-state index is 13.0. The molecule has 0 aliphatic heterocycles. The molecular formula is C23H36N4O6. The Morgan fingerprint density at radius 2 is 1.58 bits per heavy atom. The zero-order valence-electron chi connectivity index (χ0n) is 19.6. The van der Waals surface area contributed by atoms with Crippen LogP contribution in [-0.4, -0.2) is 58.6 Å². The van der Waals surface area contributed by atoms with Crippen molar-refractivity contribution in [2.24, 2.45) is 17.6 Å². The van der Waals surface area contributed by atoms with E-state index in [9.17, 15) is 24.3 Å². The number of carbonyl (C=O) groups is 4. The first kappa shape index (κ1) is 27.9. The van der Waals surface area contributed by atoms with Gasteiger partial charge >= 0.3 is 5.97 Å². The van der Waals surface area contributed by atoms with Gasteiger partial charge in [0.25, 0.3) is 0 Å². The first-order valence-electron chi connectivity index (χ1n) is 11.1. The summed E-state index contributed by atoms with van der Waals surface area (Å²) in [5, 5.41) is 25.8. The summed E-state index contributed by atoms with van der Waals surface area (Å²) in [5.74, 6) is -2.92. The highest BCUT2D eigenvalue weighted by molar-refractivity contribution is 5.93. The number of nitrogens with one attached hydrogen (secondary N) is 3. The number of nitrogens with two attached hydrogens (primary N) is 1. The Morgan fingerprint density at radius 1 is 0.970 bits per heavy atom. The Morgan fingerprint density at radius 3 is 2.09 bits per heavy atom. The van der Waals surface area contributed by atoms with Crippen LogP contribution in [0.1, 0.15) is 46.1 Å². The number of carbonyl (C=O) groups excluding carboxylic acids is 3. The third-order valence-corrected chi connectivity index (χ3v) is 5.28. The Labute approximate surface area is 194 Å². The third-order valence-electron chi connectivity index (χ3n) is 5.28. The predicted octanol–water partition coefficient (Wildman–Crippen LogP) is 0.525. The largest absolute Gasteiger partial charge is 0.508 e. The molecule has 0 saturated heterocycles. The van der Waals surface area contributed by atoms with Gasteiger partial charge < -0.3 is 31.9 Å². The zero-order valence-corrected chi connectivity index (χ0v) is 19.6. The van der Waals surface area contributed by atoms with Crippen molar-refractivity contribution in [1.29, 1.82) is 0 Å². The fraction of sp³-hybridized carbons (Fsp3) is 0.565. The molecule has 4 atom stereocenters. The molecule has 4 unspecified atom stereocenters. The molecule has 0 spiro atoms. The fourth-order valence-electron chi connectivity index (χ4n) is 3.19. The van der Waals surface area contributed by atoms with Gasteiger partial charge in [-0.15, -0.1) is 0 Å². The number of benzene rings is 1. The van der Waals surface area contributed by atoms with E-state index in [4.69, 9.17) is 10.8 Å². The molecule has 0 fully saturated rings. The minimum absolute atomic E-state index is 0.0669. The van der Waals surface area contributed by atoms with Crippen LogP contribution in [0.25, 0.3) is 0 Å². The number of rotatable bonds is 13. The Balaban J connectivity index is 2.89. The molecule has 3 amide bonds. The number of aromatic hydroxyl groups is 1. The highest BCUT2D eigenvalue weighted by Crippen LogP contribution is 2.13. The van der Waals surface area contributed by atoms with Gasteiger partial charge in [0.05, 0.1) is 6.04 Å². The molecule has 0 aliphatic carbocycles. The van der Waals surface area contributed by atoms with Gasteiger partial charge in [-0.3, -0.25) is 19.2 Å². The maximum Gasteiger partial charge on any atom is 0.322 e. The fourth-order valence-corrected chi connectivity index (χ4v) is 3.19. The molecule has 0 heterocycles. The smallest absolute Gasteiger partial charge is 0.322 e. The van der Waals surface area contributed by atoms with E-state index in [1.807, 2.05) is 20.8 Å². The van der Waals surface area contributed by atoms with Crippen molar-refractivity contribution in [2.75, 3.05) is 6.54 Å². The SMILES string of the molecule is CCC(C)C(NC(=O)C(CC(C)C)NC(=O)C(N)Cc1ccc(O)cc1)C(=O)NCC(=O)O. The number of carboxylic acid groups (broad SMARTS) is 1. The summed E-state index contributed by atoms with van der Waals surface area (Å²) in [7, 11) is 0. The van der Waals surface area contributed by atoms with Gasteiger partial charge in [-0.05, 0) is 42.4 Å². The van der Waals surface area contributed by atoms with Crippen LogP contribution in [0.3, 0.4) is 0 Å². The minimum atomic E-state index is -1.19. The first-order chi connectivity index (χ1) is 15.4. The second kappa shape index (κ2) is 13.4. The van der Waals surface area contributed by atoms with E-state index in [0.717, 1.165) is 5.56 Å². The number of carboxylic acids is 1. The lowest BCUT2D eigenvalue weighted by Gasteiger charge is -2.27. The van der Waals surface area contributed by atoms with E-state index < -0.39 is 48.4 Å². The van der Waals surface area contributed by atoms with Crippen LogP contribution in [0.15, 0.2) is 24.3 Å². The molecule has 1 aromatic carbocycles. The molecule has 33 heavy (non-hydrogen) atoms. The van der Waals surface area contributed by atoms with E-state index in [1.54, 1.807) is 19.1 Å². The molecule has 0 radical (unpaired) electrons. The van der Waals surface area contributed by atoms with E-state index >= 15 is 0 Å². The first-order valence-corrected chi connectivity index (χ1v) is 11.1. The van der Waals surface area contributed by atoms with E-state index in [0.29, 0.717) is 12.8 Å². The maximum absolute atomic E-state index is 13.0. The second-order valence-electron chi connectivity index (χ2n) is 8.65. The number of phenolic OH excluding ortho intramolecular Hbond substituents is 1. The molecule has 7 N–H and O–H groups in total. The quantitative estimate of drug-likeness (QED) is 0.247. The topological polar surface area (TPSA) is 171 Å². The molecule has 0 bridgehead atoms. The molecule has 10 nitrogen and oxygen atoms in total. The van der Waals surface area contributed by atoms with Gasteiger partial charge in [0.15, 0.2) is 0 Å². The molecule has 0 saturated carbocycles. The molecule has 0 aliphatic rings. The summed E-state index contributed by atoms with van der Waals surface area (Å²) in [6.07, 6.45) is 1.12. The number of phenols is 1. The third kappa shape index (κ3) is 9.90. The molecule has 1 rings (SSSR count). The molecule has 184 valence electrons. The number of hydrogen-bond donors (Lipinski definition) is 6.